The van der Waals surface area contributed by atoms with Gasteiger partial charge in [0.25, 0.3) is 5.91 Å². The highest BCUT2D eigenvalue weighted by molar-refractivity contribution is 5.99. The van der Waals surface area contributed by atoms with Crippen LogP contribution >= 0.6 is 0 Å². The Balaban J connectivity index is 2.32. The fraction of sp³-hybridized carbons (Fsp3) is 0.188. The minimum Gasteiger partial charge on any atom is -0.399 e. The van der Waals surface area contributed by atoms with Gasteiger partial charge >= 0.3 is 0 Å². The molecule has 0 aliphatic heterocycles. The molecule has 0 fully saturated rings. The fourth-order valence-electron chi connectivity index (χ4n) is 2.28. The first-order valence-electron chi connectivity index (χ1n) is 6.50. The van der Waals surface area contributed by atoms with Gasteiger partial charge in [0.05, 0.1) is 5.56 Å². The Morgan fingerprint density at radius 3 is 2.55 bits per heavy atom. The zero-order chi connectivity index (χ0) is 14.7. The highest BCUT2D eigenvalue weighted by Crippen LogP contribution is 2.26. The van der Waals surface area contributed by atoms with Gasteiger partial charge in [-0.25, -0.2) is 0 Å². The molecule has 4 nitrogen and oxygen atoms in total. The van der Waals surface area contributed by atoms with Crippen LogP contribution < -0.4 is 16.8 Å². The zero-order valence-electron chi connectivity index (χ0n) is 11.7. The van der Waals surface area contributed by atoms with Gasteiger partial charge in [0, 0.05) is 17.4 Å². The molecular weight excluding hydrogens is 250 g/mol. The summed E-state index contributed by atoms with van der Waals surface area (Å²) >= 11 is 0. The summed E-state index contributed by atoms with van der Waals surface area (Å²) in [5.74, 6) is -0.468. The topological polar surface area (TPSA) is 81.1 Å². The predicted octanol–water partition coefficient (Wildman–Crippen LogP) is 2.85. The van der Waals surface area contributed by atoms with E-state index >= 15 is 0 Å². The molecule has 0 bridgehead atoms. The molecule has 0 saturated carbocycles. The summed E-state index contributed by atoms with van der Waals surface area (Å²) < 4.78 is 0. The number of carbonyl (C=O) groups excluding carboxylic acids is 1. The summed E-state index contributed by atoms with van der Waals surface area (Å²) in [6.45, 7) is 4.10. The lowest BCUT2D eigenvalue weighted by Gasteiger charge is -2.19. The molecule has 0 saturated heterocycles. The second-order valence-corrected chi connectivity index (χ2v) is 4.89. The fourth-order valence-corrected chi connectivity index (χ4v) is 2.28. The SMILES string of the molecule is Cc1ccccc1C(C)Nc1cc(N)ccc1C(N)=O. The molecule has 104 valence electrons. The molecule has 2 aromatic carbocycles. The molecule has 1 atom stereocenters. The van der Waals surface area contributed by atoms with Crippen molar-refractivity contribution in [3.05, 3.63) is 59.2 Å². The van der Waals surface area contributed by atoms with Crippen molar-refractivity contribution in [3.63, 3.8) is 0 Å². The Morgan fingerprint density at radius 2 is 1.90 bits per heavy atom. The monoisotopic (exact) mass is 269 g/mol. The van der Waals surface area contributed by atoms with E-state index in [9.17, 15) is 4.79 Å². The van der Waals surface area contributed by atoms with Gasteiger partial charge in [0.15, 0.2) is 0 Å². The van der Waals surface area contributed by atoms with Crippen molar-refractivity contribution >= 4 is 17.3 Å². The number of hydrogen-bond donors (Lipinski definition) is 3. The molecule has 5 N–H and O–H groups in total. The first-order chi connectivity index (χ1) is 9.49. The van der Waals surface area contributed by atoms with Gasteiger partial charge in [-0.05, 0) is 43.2 Å². The van der Waals surface area contributed by atoms with Crippen LogP contribution in [0.15, 0.2) is 42.5 Å². The Labute approximate surface area is 118 Å². The lowest BCUT2D eigenvalue weighted by molar-refractivity contribution is 0.100. The Bertz CT molecular complexity index is 637. The number of carbonyl (C=O) groups is 1. The number of hydrogen-bond acceptors (Lipinski definition) is 3. The van der Waals surface area contributed by atoms with Crippen molar-refractivity contribution in [2.45, 2.75) is 19.9 Å². The normalized spacial score (nSPS) is 11.9. The Morgan fingerprint density at radius 1 is 1.20 bits per heavy atom. The molecule has 1 unspecified atom stereocenters. The van der Waals surface area contributed by atoms with Crippen LogP contribution in [-0.4, -0.2) is 5.91 Å². The summed E-state index contributed by atoms with van der Waals surface area (Å²) in [4.78, 5) is 11.5. The number of benzene rings is 2. The van der Waals surface area contributed by atoms with Crippen LogP contribution in [0.1, 0.15) is 34.5 Å². The average molecular weight is 269 g/mol. The largest absolute Gasteiger partial charge is 0.399 e. The number of aryl methyl sites for hydroxylation is 1. The number of primary amides is 1. The Kier molecular flexibility index (Phi) is 3.94. The third-order valence-electron chi connectivity index (χ3n) is 3.34. The first kappa shape index (κ1) is 13.9. The van der Waals surface area contributed by atoms with Gasteiger partial charge in [-0.2, -0.15) is 0 Å². The van der Waals surface area contributed by atoms with E-state index in [4.69, 9.17) is 11.5 Å². The highest BCUT2D eigenvalue weighted by atomic mass is 16.1. The summed E-state index contributed by atoms with van der Waals surface area (Å²) in [5, 5.41) is 3.31. The zero-order valence-corrected chi connectivity index (χ0v) is 11.7. The number of nitrogens with one attached hydrogen (secondary N) is 1. The van der Waals surface area contributed by atoms with E-state index in [0.717, 1.165) is 0 Å². The average Bonchev–Trinajstić information content (AvgIpc) is 2.38. The van der Waals surface area contributed by atoms with Crippen molar-refractivity contribution in [2.75, 3.05) is 11.1 Å². The van der Waals surface area contributed by atoms with E-state index in [0.29, 0.717) is 16.9 Å². The maximum absolute atomic E-state index is 11.5. The standard InChI is InChI=1S/C16H19N3O/c1-10-5-3-4-6-13(10)11(2)19-15-9-12(17)7-8-14(15)16(18)20/h3-9,11,19H,17H2,1-2H3,(H2,18,20). The van der Waals surface area contributed by atoms with Gasteiger partial charge in [-0.1, -0.05) is 24.3 Å². The minimum absolute atomic E-state index is 0.0519. The maximum Gasteiger partial charge on any atom is 0.250 e. The third-order valence-corrected chi connectivity index (χ3v) is 3.34. The van der Waals surface area contributed by atoms with Crippen LogP contribution in [0, 0.1) is 6.92 Å². The number of nitrogens with two attached hydrogens (primary N) is 2. The van der Waals surface area contributed by atoms with E-state index in [1.54, 1.807) is 18.2 Å². The quantitative estimate of drug-likeness (QED) is 0.746. The number of nitrogen functional groups attached to an aromatic ring is 1. The molecule has 0 heterocycles. The van der Waals surface area contributed by atoms with Gasteiger partial charge in [-0.15, -0.1) is 0 Å². The van der Waals surface area contributed by atoms with Crippen LogP contribution in [0.5, 0.6) is 0 Å². The van der Waals surface area contributed by atoms with Crippen LogP contribution in [0.2, 0.25) is 0 Å². The highest BCUT2D eigenvalue weighted by Gasteiger charge is 2.13. The molecule has 2 rings (SSSR count). The maximum atomic E-state index is 11.5. The van der Waals surface area contributed by atoms with Crippen LogP contribution in [-0.2, 0) is 0 Å². The summed E-state index contributed by atoms with van der Waals surface area (Å²) in [7, 11) is 0. The van der Waals surface area contributed by atoms with E-state index in [2.05, 4.69) is 24.4 Å². The molecule has 1 amide bonds. The molecule has 4 heteroatoms. The van der Waals surface area contributed by atoms with Crippen molar-refractivity contribution in [1.82, 2.24) is 0 Å². The first-order valence-corrected chi connectivity index (χ1v) is 6.50. The molecular formula is C16H19N3O. The molecule has 0 radical (unpaired) electrons. The lowest BCUT2D eigenvalue weighted by Crippen LogP contribution is -2.16. The van der Waals surface area contributed by atoms with Crippen molar-refractivity contribution in [3.8, 4) is 0 Å². The van der Waals surface area contributed by atoms with Gasteiger partial charge in [0.1, 0.15) is 0 Å². The van der Waals surface area contributed by atoms with Gasteiger partial charge in [-0.3, -0.25) is 4.79 Å². The summed E-state index contributed by atoms with van der Waals surface area (Å²) in [6.07, 6.45) is 0. The molecule has 0 aliphatic rings. The Hall–Kier alpha value is -2.49. The van der Waals surface area contributed by atoms with E-state index in [1.165, 1.54) is 11.1 Å². The summed E-state index contributed by atoms with van der Waals surface area (Å²) in [6, 6.07) is 13.2. The molecule has 0 aliphatic carbocycles. The minimum atomic E-state index is -0.468. The van der Waals surface area contributed by atoms with Crippen LogP contribution in [0.4, 0.5) is 11.4 Å². The molecule has 0 spiro atoms. The van der Waals surface area contributed by atoms with Crippen molar-refractivity contribution in [1.29, 1.82) is 0 Å². The lowest BCUT2D eigenvalue weighted by atomic mass is 10.0. The number of amides is 1. The second kappa shape index (κ2) is 5.65. The smallest absolute Gasteiger partial charge is 0.250 e. The van der Waals surface area contributed by atoms with Crippen LogP contribution in [0.3, 0.4) is 0 Å². The van der Waals surface area contributed by atoms with Crippen LogP contribution in [0.25, 0.3) is 0 Å². The third kappa shape index (κ3) is 2.91. The summed E-state index contributed by atoms with van der Waals surface area (Å²) in [5.41, 5.74) is 15.2. The number of anilines is 2. The van der Waals surface area contributed by atoms with E-state index < -0.39 is 5.91 Å². The van der Waals surface area contributed by atoms with Crippen molar-refractivity contribution < 1.29 is 4.79 Å². The second-order valence-electron chi connectivity index (χ2n) is 4.89. The van der Waals surface area contributed by atoms with Gasteiger partial charge in [0.2, 0.25) is 0 Å². The molecule has 0 aromatic heterocycles. The molecule has 2 aromatic rings. The van der Waals surface area contributed by atoms with E-state index in [1.807, 2.05) is 19.1 Å². The predicted molar refractivity (Wildman–Crippen MR) is 82.6 cm³/mol. The molecule has 20 heavy (non-hydrogen) atoms. The van der Waals surface area contributed by atoms with Crippen molar-refractivity contribution in [2.24, 2.45) is 5.73 Å². The van der Waals surface area contributed by atoms with E-state index in [-0.39, 0.29) is 6.04 Å². The number of rotatable bonds is 4. The van der Waals surface area contributed by atoms with Gasteiger partial charge < -0.3 is 16.8 Å².